The van der Waals surface area contributed by atoms with E-state index in [0.29, 0.717) is 17.8 Å². The molecule has 0 aliphatic rings. The molecule has 0 amide bonds. The Morgan fingerprint density at radius 2 is 2.12 bits per heavy atom. The lowest BCUT2D eigenvalue weighted by Gasteiger charge is -2.01. The van der Waals surface area contributed by atoms with E-state index < -0.39 is 0 Å². The predicted molar refractivity (Wildman–Crippen MR) is 61.6 cm³/mol. The number of ether oxygens (including phenoxy) is 1. The fourth-order valence-electron chi connectivity index (χ4n) is 1.73. The minimum absolute atomic E-state index is 0.332. The van der Waals surface area contributed by atoms with Gasteiger partial charge in [-0.3, -0.25) is 0 Å². The monoisotopic (exact) mass is 218 g/mol. The van der Waals surface area contributed by atoms with Gasteiger partial charge in [-0.05, 0) is 32.4 Å². The van der Waals surface area contributed by atoms with Crippen molar-refractivity contribution in [2.45, 2.75) is 20.8 Å². The zero-order valence-corrected chi connectivity index (χ0v) is 9.66. The van der Waals surface area contributed by atoms with Gasteiger partial charge in [-0.25, -0.2) is 4.79 Å². The van der Waals surface area contributed by atoms with Crippen molar-refractivity contribution < 1.29 is 13.9 Å². The summed E-state index contributed by atoms with van der Waals surface area (Å²) >= 11 is 0. The van der Waals surface area contributed by atoms with Crippen LogP contribution in [0.15, 0.2) is 22.6 Å². The molecule has 0 spiro atoms. The maximum Gasteiger partial charge on any atom is 0.341 e. The van der Waals surface area contributed by atoms with Crippen LogP contribution in [0.4, 0.5) is 0 Å². The largest absolute Gasteiger partial charge is 0.462 e. The second-order valence-electron chi connectivity index (χ2n) is 3.69. The lowest BCUT2D eigenvalue weighted by molar-refractivity contribution is 0.0527. The topological polar surface area (TPSA) is 39.4 Å². The lowest BCUT2D eigenvalue weighted by Crippen LogP contribution is -2.04. The number of aryl methyl sites for hydroxylation is 2. The summed E-state index contributed by atoms with van der Waals surface area (Å²) < 4.78 is 10.6. The van der Waals surface area contributed by atoms with Crippen LogP contribution in [0.3, 0.4) is 0 Å². The number of hydrogen-bond donors (Lipinski definition) is 0. The van der Waals surface area contributed by atoms with Crippen LogP contribution in [-0.4, -0.2) is 12.6 Å². The number of carbonyl (C=O) groups excluding carboxylic acids is 1. The Labute approximate surface area is 94.0 Å². The number of rotatable bonds is 2. The standard InChI is InChI=1S/C13H14O3/c1-4-15-13(14)11-7-5-6-10-8(2)9(3)16-12(10)11/h5-7H,4H2,1-3H3. The van der Waals surface area contributed by atoms with Crippen LogP contribution in [-0.2, 0) is 4.74 Å². The third-order valence-corrected chi connectivity index (χ3v) is 2.70. The van der Waals surface area contributed by atoms with Crippen LogP contribution < -0.4 is 0 Å². The van der Waals surface area contributed by atoms with Crippen LogP contribution >= 0.6 is 0 Å². The van der Waals surface area contributed by atoms with Crippen molar-refractivity contribution in [2.24, 2.45) is 0 Å². The van der Waals surface area contributed by atoms with Crippen LogP contribution in [0.2, 0.25) is 0 Å². The van der Waals surface area contributed by atoms with Gasteiger partial charge in [0.25, 0.3) is 0 Å². The molecule has 16 heavy (non-hydrogen) atoms. The molecule has 0 aliphatic carbocycles. The van der Waals surface area contributed by atoms with Gasteiger partial charge in [-0.15, -0.1) is 0 Å². The molecule has 0 saturated heterocycles. The summed E-state index contributed by atoms with van der Waals surface area (Å²) in [6.07, 6.45) is 0. The molecule has 0 radical (unpaired) electrons. The molecule has 1 aromatic carbocycles. The van der Waals surface area contributed by atoms with E-state index in [-0.39, 0.29) is 5.97 Å². The molecule has 0 N–H and O–H groups in total. The molecule has 3 heteroatoms. The Morgan fingerprint density at radius 1 is 1.38 bits per heavy atom. The van der Waals surface area contributed by atoms with Crippen molar-refractivity contribution in [3.05, 3.63) is 35.1 Å². The summed E-state index contributed by atoms with van der Waals surface area (Å²) in [5.41, 5.74) is 2.19. The van der Waals surface area contributed by atoms with Gasteiger partial charge in [0, 0.05) is 5.39 Å². The number of benzene rings is 1. The summed E-state index contributed by atoms with van der Waals surface area (Å²) in [4.78, 5) is 11.7. The Hall–Kier alpha value is -1.77. The molecule has 0 unspecified atom stereocenters. The SMILES string of the molecule is CCOC(=O)c1cccc2c(C)c(C)oc12. The van der Waals surface area contributed by atoms with Gasteiger partial charge in [0.05, 0.1) is 6.61 Å². The molecule has 0 fully saturated rings. The van der Waals surface area contributed by atoms with Crippen molar-refractivity contribution >= 4 is 16.9 Å². The highest BCUT2D eigenvalue weighted by atomic mass is 16.5. The Balaban J connectivity index is 2.62. The predicted octanol–water partition coefficient (Wildman–Crippen LogP) is 3.23. The first-order valence-corrected chi connectivity index (χ1v) is 5.31. The minimum atomic E-state index is -0.332. The molecule has 3 nitrogen and oxygen atoms in total. The van der Waals surface area contributed by atoms with Gasteiger partial charge in [-0.1, -0.05) is 12.1 Å². The summed E-state index contributed by atoms with van der Waals surface area (Å²) in [7, 11) is 0. The van der Waals surface area contributed by atoms with Gasteiger partial charge in [0.2, 0.25) is 0 Å². The Kier molecular flexibility index (Phi) is 2.69. The average molecular weight is 218 g/mol. The molecule has 0 aliphatic heterocycles. The van der Waals surface area contributed by atoms with Crippen molar-refractivity contribution in [3.63, 3.8) is 0 Å². The summed E-state index contributed by atoms with van der Waals surface area (Å²) in [5, 5.41) is 0.975. The first-order valence-electron chi connectivity index (χ1n) is 5.31. The zero-order chi connectivity index (χ0) is 11.7. The van der Waals surface area contributed by atoms with Crippen molar-refractivity contribution in [3.8, 4) is 0 Å². The van der Waals surface area contributed by atoms with E-state index in [9.17, 15) is 4.79 Å². The summed E-state index contributed by atoms with van der Waals surface area (Å²) in [5.74, 6) is 0.508. The molecule has 2 aromatic rings. The van der Waals surface area contributed by atoms with Crippen LogP contribution in [0.25, 0.3) is 11.0 Å². The number of carbonyl (C=O) groups is 1. The number of para-hydroxylation sites is 1. The molecule has 2 rings (SSSR count). The van der Waals surface area contributed by atoms with Gasteiger partial charge < -0.3 is 9.15 Å². The second kappa shape index (κ2) is 4.00. The Morgan fingerprint density at radius 3 is 2.81 bits per heavy atom. The van der Waals surface area contributed by atoms with E-state index in [1.165, 1.54) is 0 Å². The first kappa shape index (κ1) is 10.7. The van der Waals surface area contributed by atoms with Gasteiger partial charge in [0.1, 0.15) is 16.9 Å². The van der Waals surface area contributed by atoms with E-state index in [2.05, 4.69) is 0 Å². The van der Waals surface area contributed by atoms with E-state index in [0.717, 1.165) is 16.7 Å². The van der Waals surface area contributed by atoms with E-state index >= 15 is 0 Å². The van der Waals surface area contributed by atoms with Crippen molar-refractivity contribution in [2.75, 3.05) is 6.61 Å². The maximum absolute atomic E-state index is 11.7. The van der Waals surface area contributed by atoms with Crippen LogP contribution in [0.5, 0.6) is 0 Å². The molecule has 0 bridgehead atoms. The highest BCUT2D eigenvalue weighted by molar-refractivity contribution is 6.03. The summed E-state index contributed by atoms with van der Waals surface area (Å²) in [6.45, 7) is 6.03. The van der Waals surface area contributed by atoms with Gasteiger partial charge in [0.15, 0.2) is 0 Å². The fourth-order valence-corrected chi connectivity index (χ4v) is 1.73. The zero-order valence-electron chi connectivity index (χ0n) is 9.66. The first-order chi connectivity index (χ1) is 7.65. The average Bonchev–Trinajstić information content (AvgIpc) is 2.55. The highest BCUT2D eigenvalue weighted by Crippen LogP contribution is 2.27. The molecule has 84 valence electrons. The third-order valence-electron chi connectivity index (χ3n) is 2.70. The van der Waals surface area contributed by atoms with E-state index in [1.54, 1.807) is 13.0 Å². The number of esters is 1. The highest BCUT2D eigenvalue weighted by Gasteiger charge is 2.16. The van der Waals surface area contributed by atoms with E-state index in [4.69, 9.17) is 9.15 Å². The smallest absolute Gasteiger partial charge is 0.341 e. The van der Waals surface area contributed by atoms with Crippen molar-refractivity contribution in [1.82, 2.24) is 0 Å². The molecule has 1 heterocycles. The lowest BCUT2D eigenvalue weighted by atomic mass is 10.1. The summed E-state index contributed by atoms with van der Waals surface area (Å²) in [6, 6.07) is 5.52. The molecule has 0 atom stereocenters. The van der Waals surface area contributed by atoms with Gasteiger partial charge in [-0.2, -0.15) is 0 Å². The van der Waals surface area contributed by atoms with E-state index in [1.807, 2.05) is 26.0 Å². The molecular formula is C13H14O3. The number of hydrogen-bond acceptors (Lipinski definition) is 3. The fraction of sp³-hybridized carbons (Fsp3) is 0.308. The second-order valence-corrected chi connectivity index (χ2v) is 3.69. The van der Waals surface area contributed by atoms with Crippen LogP contribution in [0.1, 0.15) is 28.6 Å². The van der Waals surface area contributed by atoms with Crippen molar-refractivity contribution in [1.29, 1.82) is 0 Å². The number of furan rings is 1. The third kappa shape index (κ3) is 1.58. The number of fused-ring (bicyclic) bond motifs is 1. The Bertz CT molecular complexity index is 537. The normalized spacial score (nSPS) is 10.7. The maximum atomic E-state index is 11.7. The van der Waals surface area contributed by atoms with Gasteiger partial charge >= 0.3 is 5.97 Å². The molecular weight excluding hydrogens is 204 g/mol. The molecule has 1 aromatic heterocycles. The quantitative estimate of drug-likeness (QED) is 0.726. The minimum Gasteiger partial charge on any atom is -0.462 e. The molecule has 0 saturated carbocycles. The van der Waals surface area contributed by atoms with Crippen LogP contribution in [0, 0.1) is 13.8 Å².